The summed E-state index contributed by atoms with van der Waals surface area (Å²) in [6.07, 6.45) is 8.06. The molecule has 5 heteroatoms. The summed E-state index contributed by atoms with van der Waals surface area (Å²) in [5.74, 6) is 1.09. The zero-order valence-electron chi connectivity index (χ0n) is 11.7. The summed E-state index contributed by atoms with van der Waals surface area (Å²) >= 11 is 0. The van der Waals surface area contributed by atoms with Crippen LogP contribution in [-0.4, -0.2) is 35.0 Å². The molecule has 5 nitrogen and oxygen atoms in total. The standard InChI is InChI=1S/C14H22N4O/c1-3-11(2)17-14(19)12-5-4-8-18(10-12)13-9-15-6-7-16-13/h6-7,9,11-12H,3-5,8,10H2,1-2H3,(H,17,19)/t11-,12-/m1/s1. The lowest BCUT2D eigenvalue weighted by molar-refractivity contribution is -0.125. The summed E-state index contributed by atoms with van der Waals surface area (Å²) in [5.41, 5.74) is 0. The molecule has 0 bridgehead atoms. The van der Waals surface area contributed by atoms with Crippen molar-refractivity contribution in [3.63, 3.8) is 0 Å². The molecule has 2 heterocycles. The van der Waals surface area contributed by atoms with Crippen LogP contribution in [0.2, 0.25) is 0 Å². The Morgan fingerprint density at radius 2 is 2.42 bits per heavy atom. The number of piperidine rings is 1. The number of hydrogen-bond acceptors (Lipinski definition) is 4. The minimum atomic E-state index is 0.0600. The smallest absolute Gasteiger partial charge is 0.225 e. The van der Waals surface area contributed by atoms with Crippen molar-refractivity contribution in [2.75, 3.05) is 18.0 Å². The molecule has 1 aliphatic rings. The lowest BCUT2D eigenvalue weighted by atomic mass is 9.96. The van der Waals surface area contributed by atoms with Gasteiger partial charge >= 0.3 is 0 Å². The molecule has 1 saturated heterocycles. The topological polar surface area (TPSA) is 58.1 Å². The first kappa shape index (κ1) is 13.8. The molecule has 104 valence electrons. The van der Waals surface area contributed by atoms with Gasteiger partial charge in [-0.05, 0) is 26.2 Å². The van der Waals surface area contributed by atoms with Gasteiger partial charge in [0.1, 0.15) is 5.82 Å². The second kappa shape index (κ2) is 6.50. The van der Waals surface area contributed by atoms with Crippen molar-refractivity contribution < 1.29 is 4.79 Å². The normalized spacial score (nSPS) is 20.9. The first-order valence-corrected chi connectivity index (χ1v) is 7.02. The van der Waals surface area contributed by atoms with E-state index in [9.17, 15) is 4.79 Å². The van der Waals surface area contributed by atoms with E-state index in [-0.39, 0.29) is 17.9 Å². The Hall–Kier alpha value is -1.65. The molecule has 1 amide bonds. The molecule has 1 aliphatic heterocycles. The third kappa shape index (κ3) is 3.66. The molecule has 0 aromatic carbocycles. The van der Waals surface area contributed by atoms with Crippen LogP contribution in [0.4, 0.5) is 5.82 Å². The Morgan fingerprint density at radius 3 is 3.11 bits per heavy atom. The molecule has 0 unspecified atom stereocenters. The highest BCUT2D eigenvalue weighted by Gasteiger charge is 2.26. The van der Waals surface area contributed by atoms with E-state index in [0.29, 0.717) is 0 Å². The predicted molar refractivity (Wildman–Crippen MR) is 74.9 cm³/mol. The zero-order chi connectivity index (χ0) is 13.7. The predicted octanol–water partition coefficient (Wildman–Crippen LogP) is 1.61. The summed E-state index contributed by atoms with van der Waals surface area (Å²) in [7, 11) is 0. The monoisotopic (exact) mass is 262 g/mol. The molecule has 0 aliphatic carbocycles. The van der Waals surface area contributed by atoms with Gasteiger partial charge in [-0.3, -0.25) is 9.78 Å². The third-order valence-electron chi connectivity index (χ3n) is 3.67. The second-order valence-electron chi connectivity index (χ2n) is 5.17. The van der Waals surface area contributed by atoms with Gasteiger partial charge in [-0.15, -0.1) is 0 Å². The van der Waals surface area contributed by atoms with Crippen molar-refractivity contribution in [1.82, 2.24) is 15.3 Å². The molecule has 19 heavy (non-hydrogen) atoms. The van der Waals surface area contributed by atoms with Gasteiger partial charge < -0.3 is 10.2 Å². The highest BCUT2D eigenvalue weighted by atomic mass is 16.2. The minimum Gasteiger partial charge on any atom is -0.355 e. The minimum absolute atomic E-state index is 0.0600. The Kier molecular flexibility index (Phi) is 4.71. The SMILES string of the molecule is CC[C@@H](C)NC(=O)[C@@H]1CCCN(c2cnccn2)C1. The Labute approximate surface area is 114 Å². The number of hydrogen-bond donors (Lipinski definition) is 1. The van der Waals surface area contributed by atoms with E-state index in [1.807, 2.05) is 6.92 Å². The van der Waals surface area contributed by atoms with Crippen molar-refractivity contribution in [2.45, 2.75) is 39.2 Å². The van der Waals surface area contributed by atoms with E-state index in [0.717, 1.165) is 38.2 Å². The van der Waals surface area contributed by atoms with Crippen molar-refractivity contribution in [3.05, 3.63) is 18.6 Å². The summed E-state index contributed by atoms with van der Waals surface area (Å²) in [4.78, 5) is 22.7. The van der Waals surface area contributed by atoms with E-state index < -0.39 is 0 Å². The van der Waals surface area contributed by atoms with Crippen LogP contribution in [0, 0.1) is 5.92 Å². The fraction of sp³-hybridized carbons (Fsp3) is 0.643. The van der Waals surface area contributed by atoms with Crippen LogP contribution in [0.1, 0.15) is 33.1 Å². The molecular formula is C14H22N4O. The first-order valence-electron chi connectivity index (χ1n) is 7.02. The van der Waals surface area contributed by atoms with E-state index in [1.165, 1.54) is 0 Å². The number of anilines is 1. The fourth-order valence-electron chi connectivity index (χ4n) is 2.32. The lowest BCUT2D eigenvalue weighted by Gasteiger charge is -2.33. The van der Waals surface area contributed by atoms with Crippen molar-refractivity contribution in [3.8, 4) is 0 Å². The van der Waals surface area contributed by atoms with E-state index in [4.69, 9.17) is 0 Å². The number of rotatable bonds is 4. The van der Waals surface area contributed by atoms with Crippen LogP contribution in [0.3, 0.4) is 0 Å². The molecule has 1 N–H and O–H groups in total. The summed E-state index contributed by atoms with van der Waals surface area (Å²) < 4.78 is 0. The average Bonchev–Trinajstić information content (AvgIpc) is 2.48. The molecule has 0 radical (unpaired) electrons. The number of nitrogens with zero attached hydrogens (tertiary/aromatic N) is 3. The average molecular weight is 262 g/mol. The van der Waals surface area contributed by atoms with Crippen LogP contribution in [0.15, 0.2) is 18.6 Å². The van der Waals surface area contributed by atoms with Crippen LogP contribution in [0.5, 0.6) is 0 Å². The highest BCUT2D eigenvalue weighted by molar-refractivity contribution is 5.79. The maximum Gasteiger partial charge on any atom is 0.225 e. The molecule has 1 aromatic heterocycles. The Balaban J connectivity index is 1.95. The lowest BCUT2D eigenvalue weighted by Crippen LogP contribution is -2.45. The molecule has 1 fully saturated rings. The molecule has 2 rings (SSSR count). The molecule has 0 spiro atoms. The second-order valence-corrected chi connectivity index (χ2v) is 5.17. The summed E-state index contributed by atoms with van der Waals surface area (Å²) in [6.45, 7) is 5.81. The Morgan fingerprint density at radius 1 is 1.58 bits per heavy atom. The van der Waals surface area contributed by atoms with Crippen molar-refractivity contribution >= 4 is 11.7 Å². The fourth-order valence-corrected chi connectivity index (χ4v) is 2.32. The van der Waals surface area contributed by atoms with Gasteiger partial charge in [0.2, 0.25) is 5.91 Å². The third-order valence-corrected chi connectivity index (χ3v) is 3.67. The van der Waals surface area contributed by atoms with Gasteiger partial charge in [-0.25, -0.2) is 4.98 Å². The van der Waals surface area contributed by atoms with Crippen molar-refractivity contribution in [2.24, 2.45) is 5.92 Å². The van der Waals surface area contributed by atoms with Crippen LogP contribution < -0.4 is 10.2 Å². The van der Waals surface area contributed by atoms with E-state index in [2.05, 4.69) is 27.1 Å². The van der Waals surface area contributed by atoms with Crippen LogP contribution >= 0.6 is 0 Å². The maximum absolute atomic E-state index is 12.2. The van der Waals surface area contributed by atoms with Crippen LogP contribution in [-0.2, 0) is 4.79 Å². The molecule has 2 atom stereocenters. The number of carbonyl (C=O) groups is 1. The number of amides is 1. The number of nitrogens with one attached hydrogen (secondary N) is 1. The first-order chi connectivity index (χ1) is 9.20. The highest BCUT2D eigenvalue weighted by Crippen LogP contribution is 2.21. The Bertz CT molecular complexity index is 409. The van der Waals surface area contributed by atoms with Gasteiger partial charge in [0.15, 0.2) is 0 Å². The summed E-state index contributed by atoms with van der Waals surface area (Å²) in [6, 6.07) is 0.249. The number of carbonyl (C=O) groups excluding carboxylic acids is 1. The molecule has 1 aromatic rings. The number of aromatic nitrogens is 2. The van der Waals surface area contributed by atoms with Crippen molar-refractivity contribution in [1.29, 1.82) is 0 Å². The quantitative estimate of drug-likeness (QED) is 0.895. The van der Waals surface area contributed by atoms with Crippen LogP contribution in [0.25, 0.3) is 0 Å². The maximum atomic E-state index is 12.2. The van der Waals surface area contributed by atoms with Gasteiger partial charge in [0, 0.05) is 31.5 Å². The van der Waals surface area contributed by atoms with E-state index >= 15 is 0 Å². The largest absolute Gasteiger partial charge is 0.355 e. The summed E-state index contributed by atoms with van der Waals surface area (Å²) in [5, 5.41) is 3.07. The van der Waals surface area contributed by atoms with E-state index in [1.54, 1.807) is 18.6 Å². The molecular weight excluding hydrogens is 240 g/mol. The van der Waals surface area contributed by atoms with Gasteiger partial charge in [-0.1, -0.05) is 6.92 Å². The van der Waals surface area contributed by atoms with Gasteiger partial charge in [0.25, 0.3) is 0 Å². The van der Waals surface area contributed by atoms with Gasteiger partial charge in [0.05, 0.1) is 12.1 Å². The van der Waals surface area contributed by atoms with Gasteiger partial charge in [-0.2, -0.15) is 0 Å². The zero-order valence-corrected chi connectivity index (χ0v) is 11.7. The molecule has 0 saturated carbocycles.